The molecule has 2 heterocycles. The Hall–Kier alpha value is -1.82. The maximum Gasteiger partial charge on any atom is 0.352 e. The molecule has 1 unspecified atom stereocenters. The molecule has 1 aliphatic rings. The maximum atomic E-state index is 12.2. The molecule has 1 amide bonds. The molecule has 0 aromatic carbocycles. The largest absolute Gasteiger partial charge is 0.477 e. The van der Waals surface area contributed by atoms with E-state index in [1.54, 1.807) is 13.8 Å². The second-order valence-electron chi connectivity index (χ2n) is 5.46. The van der Waals surface area contributed by atoms with Gasteiger partial charge in [0.05, 0.1) is 11.7 Å². The first-order valence-corrected chi connectivity index (χ1v) is 7.33. The molecule has 1 saturated heterocycles. The Kier molecular flexibility index (Phi) is 5.01. The lowest BCUT2D eigenvalue weighted by molar-refractivity contribution is 0.0117. The van der Waals surface area contributed by atoms with Gasteiger partial charge in [0.1, 0.15) is 5.69 Å². The Balaban J connectivity index is 1.92. The predicted molar refractivity (Wildman–Crippen MR) is 77.8 cm³/mol. The fourth-order valence-electron chi connectivity index (χ4n) is 2.77. The summed E-state index contributed by atoms with van der Waals surface area (Å²) in [5.74, 6) is -1.28. The fourth-order valence-corrected chi connectivity index (χ4v) is 2.77. The Morgan fingerprint density at radius 2 is 2.14 bits per heavy atom. The van der Waals surface area contributed by atoms with Crippen LogP contribution in [0.2, 0.25) is 0 Å². The van der Waals surface area contributed by atoms with Crippen molar-refractivity contribution >= 4 is 11.9 Å². The number of H-pyrrole nitrogens is 1. The number of hydrogen-bond donors (Lipinski definition) is 3. The van der Waals surface area contributed by atoms with Crippen molar-refractivity contribution in [3.05, 3.63) is 22.5 Å². The first kappa shape index (κ1) is 15.6. The third-order valence-electron chi connectivity index (χ3n) is 3.90. The fraction of sp³-hybridized carbons (Fsp3) is 0.600. The molecule has 116 valence electrons. The molecule has 1 aromatic heterocycles. The van der Waals surface area contributed by atoms with Gasteiger partial charge in [-0.1, -0.05) is 0 Å². The highest BCUT2D eigenvalue weighted by molar-refractivity contribution is 6.00. The van der Waals surface area contributed by atoms with Gasteiger partial charge in [0.15, 0.2) is 0 Å². The van der Waals surface area contributed by atoms with E-state index in [4.69, 9.17) is 9.84 Å². The Bertz CT molecular complexity index is 530. The molecular weight excluding hydrogens is 272 g/mol. The zero-order valence-corrected chi connectivity index (χ0v) is 12.5. The number of hydrogen-bond acceptors (Lipinski definition) is 3. The number of carbonyl (C=O) groups is 2. The second-order valence-corrected chi connectivity index (χ2v) is 5.46. The average molecular weight is 294 g/mol. The second kappa shape index (κ2) is 6.76. The highest BCUT2D eigenvalue weighted by atomic mass is 16.5. The van der Waals surface area contributed by atoms with Gasteiger partial charge in [-0.05, 0) is 45.1 Å². The highest BCUT2D eigenvalue weighted by Gasteiger charge is 2.21. The molecule has 0 bridgehead atoms. The number of amides is 1. The van der Waals surface area contributed by atoms with Gasteiger partial charge >= 0.3 is 5.97 Å². The van der Waals surface area contributed by atoms with Crippen LogP contribution in [-0.2, 0) is 4.74 Å². The molecule has 0 saturated carbocycles. The number of carbonyl (C=O) groups excluding carboxylic acids is 1. The summed E-state index contributed by atoms with van der Waals surface area (Å²) in [7, 11) is 0. The number of rotatable bonds is 5. The molecular formula is C15H22N2O4. The summed E-state index contributed by atoms with van der Waals surface area (Å²) in [5, 5.41) is 11.9. The average Bonchev–Trinajstić information content (AvgIpc) is 2.75. The van der Waals surface area contributed by atoms with Crippen LogP contribution in [0.3, 0.4) is 0 Å². The number of nitrogens with one attached hydrogen (secondary N) is 2. The third kappa shape index (κ3) is 3.64. The smallest absolute Gasteiger partial charge is 0.352 e. The van der Waals surface area contributed by atoms with Gasteiger partial charge in [-0.3, -0.25) is 4.79 Å². The van der Waals surface area contributed by atoms with Crippen molar-refractivity contribution in [2.24, 2.45) is 0 Å². The molecule has 1 aliphatic heterocycles. The molecule has 0 radical (unpaired) electrons. The first-order chi connectivity index (χ1) is 10.0. The molecule has 6 heteroatoms. The molecule has 2 rings (SSSR count). The van der Waals surface area contributed by atoms with Crippen LogP contribution in [0.25, 0.3) is 0 Å². The molecule has 6 nitrogen and oxygen atoms in total. The summed E-state index contributed by atoms with van der Waals surface area (Å²) in [5.41, 5.74) is 1.56. The molecule has 0 spiro atoms. The minimum Gasteiger partial charge on any atom is -0.477 e. The SMILES string of the molecule is Cc1[nH]c(C(=O)O)c(C)c1C(=O)NCCC1CCCCO1. The first-order valence-electron chi connectivity index (χ1n) is 7.33. The van der Waals surface area contributed by atoms with Crippen LogP contribution >= 0.6 is 0 Å². The van der Waals surface area contributed by atoms with Crippen LogP contribution in [0.5, 0.6) is 0 Å². The van der Waals surface area contributed by atoms with Gasteiger partial charge in [-0.2, -0.15) is 0 Å². The summed E-state index contributed by atoms with van der Waals surface area (Å²) >= 11 is 0. The summed E-state index contributed by atoms with van der Waals surface area (Å²) < 4.78 is 5.61. The Morgan fingerprint density at radius 3 is 2.71 bits per heavy atom. The van der Waals surface area contributed by atoms with E-state index in [1.165, 1.54) is 6.42 Å². The molecule has 1 fully saturated rings. The van der Waals surface area contributed by atoms with Gasteiger partial charge < -0.3 is 20.1 Å². The van der Waals surface area contributed by atoms with Crippen molar-refractivity contribution < 1.29 is 19.4 Å². The van der Waals surface area contributed by atoms with Gasteiger partial charge in [-0.15, -0.1) is 0 Å². The topological polar surface area (TPSA) is 91.4 Å². The predicted octanol–water partition coefficient (Wildman–Crippen LogP) is 2.02. The molecule has 21 heavy (non-hydrogen) atoms. The van der Waals surface area contributed by atoms with E-state index in [1.807, 2.05) is 0 Å². The lowest BCUT2D eigenvalue weighted by Crippen LogP contribution is -2.30. The normalized spacial score (nSPS) is 18.5. The van der Waals surface area contributed by atoms with Crippen LogP contribution < -0.4 is 5.32 Å². The number of aryl methyl sites for hydroxylation is 1. The van der Waals surface area contributed by atoms with Crippen molar-refractivity contribution in [3.8, 4) is 0 Å². The number of aromatic nitrogens is 1. The van der Waals surface area contributed by atoms with Gasteiger partial charge in [0.25, 0.3) is 5.91 Å². The number of carboxylic acids is 1. The van der Waals surface area contributed by atoms with Crippen LogP contribution in [-0.4, -0.2) is 41.2 Å². The monoisotopic (exact) mass is 294 g/mol. The molecule has 3 N–H and O–H groups in total. The lowest BCUT2D eigenvalue weighted by Gasteiger charge is -2.22. The minimum atomic E-state index is -1.05. The van der Waals surface area contributed by atoms with Crippen molar-refractivity contribution in [2.75, 3.05) is 13.2 Å². The molecule has 0 aliphatic carbocycles. The van der Waals surface area contributed by atoms with E-state index in [2.05, 4.69) is 10.3 Å². The minimum absolute atomic E-state index is 0.0771. The quantitative estimate of drug-likeness (QED) is 0.774. The summed E-state index contributed by atoms with van der Waals surface area (Å²) in [4.78, 5) is 26.0. The van der Waals surface area contributed by atoms with Crippen LogP contribution in [0.1, 0.15) is 57.8 Å². The molecule has 1 atom stereocenters. The van der Waals surface area contributed by atoms with Gasteiger partial charge in [-0.25, -0.2) is 4.79 Å². The zero-order valence-electron chi connectivity index (χ0n) is 12.5. The number of aromatic carboxylic acids is 1. The Labute approximate surface area is 123 Å². The van der Waals surface area contributed by atoms with E-state index in [-0.39, 0.29) is 17.7 Å². The lowest BCUT2D eigenvalue weighted by atomic mass is 10.1. The number of ether oxygens (including phenoxy) is 1. The van der Waals surface area contributed by atoms with Crippen molar-refractivity contribution in [3.63, 3.8) is 0 Å². The number of carboxylic acid groups (broad SMARTS) is 1. The van der Waals surface area contributed by atoms with Crippen molar-refractivity contribution in [1.29, 1.82) is 0 Å². The van der Waals surface area contributed by atoms with Crippen molar-refractivity contribution in [2.45, 2.75) is 45.6 Å². The number of aromatic amines is 1. The van der Waals surface area contributed by atoms with Crippen LogP contribution in [0.15, 0.2) is 0 Å². The highest BCUT2D eigenvalue weighted by Crippen LogP contribution is 2.18. The van der Waals surface area contributed by atoms with Crippen LogP contribution in [0.4, 0.5) is 0 Å². The summed E-state index contributed by atoms with van der Waals surface area (Å²) in [6.07, 6.45) is 4.35. The van der Waals surface area contributed by atoms with Crippen molar-refractivity contribution in [1.82, 2.24) is 10.3 Å². The van der Waals surface area contributed by atoms with E-state index in [0.717, 1.165) is 25.9 Å². The maximum absolute atomic E-state index is 12.2. The van der Waals surface area contributed by atoms with E-state index >= 15 is 0 Å². The van der Waals surface area contributed by atoms with E-state index in [0.29, 0.717) is 23.4 Å². The van der Waals surface area contributed by atoms with E-state index in [9.17, 15) is 9.59 Å². The summed E-state index contributed by atoms with van der Waals surface area (Å²) in [6.45, 7) is 4.69. The molecule has 1 aromatic rings. The van der Waals surface area contributed by atoms with Crippen LogP contribution in [0, 0.1) is 13.8 Å². The van der Waals surface area contributed by atoms with E-state index < -0.39 is 5.97 Å². The zero-order chi connectivity index (χ0) is 15.4. The Morgan fingerprint density at radius 1 is 1.38 bits per heavy atom. The third-order valence-corrected chi connectivity index (χ3v) is 3.90. The van der Waals surface area contributed by atoms with Gasteiger partial charge in [0, 0.05) is 18.8 Å². The summed E-state index contributed by atoms with van der Waals surface area (Å²) in [6, 6.07) is 0. The standard InChI is InChI=1S/C15H22N2O4/c1-9-12(10(2)17-13(9)15(19)20)14(18)16-7-6-11-5-3-4-8-21-11/h11,17H,3-8H2,1-2H3,(H,16,18)(H,19,20). The van der Waals surface area contributed by atoms with Gasteiger partial charge in [0.2, 0.25) is 0 Å².